The number of nitrogens with one attached hydrogen (secondary N) is 1. The molecule has 11 heteroatoms. The van der Waals surface area contributed by atoms with Crippen LogP contribution >= 0.6 is 11.6 Å². The molecular formula is C16H12ClN3O7. The van der Waals surface area contributed by atoms with Gasteiger partial charge in [-0.25, -0.2) is 4.79 Å². The first kappa shape index (κ1) is 19.8. The Hall–Kier alpha value is -3.53. The number of para-hydroxylation sites is 2. The summed E-state index contributed by atoms with van der Waals surface area (Å²) in [6.45, 7) is 1.23. The minimum absolute atomic E-state index is 0.0560. The van der Waals surface area contributed by atoms with Crippen molar-refractivity contribution in [1.29, 1.82) is 0 Å². The lowest BCUT2D eigenvalue weighted by atomic mass is 10.2. The Morgan fingerprint density at radius 1 is 1.07 bits per heavy atom. The van der Waals surface area contributed by atoms with Crippen molar-refractivity contribution >= 4 is 40.5 Å². The van der Waals surface area contributed by atoms with Crippen LogP contribution in [0.15, 0.2) is 42.5 Å². The summed E-state index contributed by atoms with van der Waals surface area (Å²) in [4.78, 5) is 44.8. The predicted molar refractivity (Wildman–Crippen MR) is 94.7 cm³/mol. The topological polar surface area (TPSA) is 142 Å². The average Bonchev–Trinajstić information content (AvgIpc) is 2.61. The summed E-state index contributed by atoms with van der Waals surface area (Å²) in [7, 11) is 0. The van der Waals surface area contributed by atoms with Gasteiger partial charge in [0.1, 0.15) is 11.3 Å². The van der Waals surface area contributed by atoms with Gasteiger partial charge in [-0.15, -0.1) is 0 Å². The first-order chi connectivity index (χ1) is 12.7. The second-order valence-corrected chi connectivity index (χ2v) is 5.67. The highest BCUT2D eigenvalue weighted by atomic mass is 35.5. The fourth-order valence-corrected chi connectivity index (χ4v) is 2.25. The molecule has 0 saturated carbocycles. The lowest BCUT2D eigenvalue weighted by Gasteiger charge is -2.13. The standard InChI is InChI=1S/C16H12ClN3O7/c1-9(15(21)18-12-4-2-3-5-13(12)19(23)24)27-16(22)11-7-6-10(17)8-14(11)20(25)26/h2-9H,1H3,(H,18,21). The van der Waals surface area contributed by atoms with Crippen LogP contribution in [0, 0.1) is 20.2 Å². The number of ether oxygens (including phenoxy) is 1. The van der Waals surface area contributed by atoms with E-state index in [-0.39, 0.29) is 22.0 Å². The number of benzene rings is 2. The summed E-state index contributed by atoms with van der Waals surface area (Å²) in [6, 6.07) is 8.78. The van der Waals surface area contributed by atoms with Gasteiger partial charge < -0.3 is 10.1 Å². The number of halogens is 1. The van der Waals surface area contributed by atoms with Crippen LogP contribution in [0.3, 0.4) is 0 Å². The van der Waals surface area contributed by atoms with Gasteiger partial charge in [0, 0.05) is 17.2 Å². The molecule has 0 aliphatic rings. The van der Waals surface area contributed by atoms with E-state index in [0.29, 0.717) is 0 Å². The molecular weight excluding hydrogens is 382 g/mol. The van der Waals surface area contributed by atoms with Gasteiger partial charge in [0.2, 0.25) is 0 Å². The van der Waals surface area contributed by atoms with Crippen molar-refractivity contribution in [3.8, 4) is 0 Å². The molecule has 1 amide bonds. The number of anilines is 1. The van der Waals surface area contributed by atoms with E-state index < -0.39 is 33.5 Å². The number of nitro benzene ring substituents is 2. The summed E-state index contributed by atoms with van der Waals surface area (Å²) < 4.78 is 4.93. The molecule has 10 nitrogen and oxygen atoms in total. The average molecular weight is 394 g/mol. The molecule has 27 heavy (non-hydrogen) atoms. The van der Waals surface area contributed by atoms with E-state index in [2.05, 4.69) is 5.32 Å². The van der Waals surface area contributed by atoms with Crippen molar-refractivity contribution in [2.45, 2.75) is 13.0 Å². The SMILES string of the molecule is CC(OC(=O)c1ccc(Cl)cc1[N+](=O)[O-])C(=O)Nc1ccccc1[N+](=O)[O-]. The van der Waals surface area contributed by atoms with Crippen LogP contribution in [0.2, 0.25) is 5.02 Å². The summed E-state index contributed by atoms with van der Waals surface area (Å²) in [6.07, 6.45) is -1.37. The molecule has 0 radical (unpaired) electrons. The van der Waals surface area contributed by atoms with E-state index >= 15 is 0 Å². The van der Waals surface area contributed by atoms with Crippen molar-refractivity contribution in [1.82, 2.24) is 0 Å². The Morgan fingerprint density at radius 3 is 2.33 bits per heavy atom. The minimum Gasteiger partial charge on any atom is -0.449 e. The number of amides is 1. The molecule has 2 aromatic rings. The van der Waals surface area contributed by atoms with Crippen LogP contribution in [0.5, 0.6) is 0 Å². The van der Waals surface area contributed by atoms with Crippen LogP contribution in [0.4, 0.5) is 17.1 Å². The Balaban J connectivity index is 2.15. The third-order valence-electron chi connectivity index (χ3n) is 3.39. The van der Waals surface area contributed by atoms with Crippen LogP contribution < -0.4 is 5.32 Å². The number of carbonyl (C=O) groups excluding carboxylic acids is 2. The summed E-state index contributed by atoms with van der Waals surface area (Å²) >= 11 is 5.68. The number of nitrogens with zero attached hydrogens (tertiary/aromatic N) is 2. The van der Waals surface area contributed by atoms with E-state index in [1.807, 2.05) is 0 Å². The van der Waals surface area contributed by atoms with Gasteiger partial charge in [0.15, 0.2) is 6.10 Å². The van der Waals surface area contributed by atoms with E-state index in [1.54, 1.807) is 0 Å². The molecule has 1 N–H and O–H groups in total. The maximum Gasteiger partial charge on any atom is 0.345 e. The maximum atomic E-state index is 12.2. The van der Waals surface area contributed by atoms with Crippen molar-refractivity contribution in [2.24, 2.45) is 0 Å². The van der Waals surface area contributed by atoms with Gasteiger partial charge >= 0.3 is 5.97 Å². The Labute approximate surface area is 157 Å². The lowest BCUT2D eigenvalue weighted by molar-refractivity contribution is -0.385. The number of nitro groups is 2. The van der Waals surface area contributed by atoms with Crippen molar-refractivity contribution in [3.63, 3.8) is 0 Å². The van der Waals surface area contributed by atoms with Gasteiger partial charge in [-0.05, 0) is 25.1 Å². The largest absolute Gasteiger partial charge is 0.449 e. The van der Waals surface area contributed by atoms with E-state index in [1.165, 1.54) is 37.3 Å². The molecule has 0 aliphatic carbocycles. The van der Waals surface area contributed by atoms with Crippen LogP contribution in [-0.4, -0.2) is 27.8 Å². The molecule has 0 aromatic heterocycles. The molecule has 1 unspecified atom stereocenters. The van der Waals surface area contributed by atoms with Gasteiger partial charge in [-0.1, -0.05) is 23.7 Å². The molecule has 1 atom stereocenters. The number of hydrogen-bond donors (Lipinski definition) is 1. The van der Waals surface area contributed by atoms with Crippen molar-refractivity contribution < 1.29 is 24.2 Å². The van der Waals surface area contributed by atoms with Crippen LogP contribution in [0.25, 0.3) is 0 Å². The second kappa shape index (κ2) is 8.23. The first-order valence-corrected chi connectivity index (χ1v) is 7.77. The zero-order valence-corrected chi connectivity index (χ0v) is 14.5. The van der Waals surface area contributed by atoms with Crippen LogP contribution in [-0.2, 0) is 9.53 Å². The molecule has 2 aromatic carbocycles. The van der Waals surface area contributed by atoms with Crippen molar-refractivity contribution in [3.05, 3.63) is 73.3 Å². The molecule has 0 spiro atoms. The summed E-state index contributed by atoms with van der Waals surface area (Å²) in [5.41, 5.74) is -1.36. The normalized spacial score (nSPS) is 11.3. The predicted octanol–water partition coefficient (Wildman–Crippen LogP) is 3.34. The number of esters is 1. The molecule has 0 bridgehead atoms. The first-order valence-electron chi connectivity index (χ1n) is 7.40. The van der Waals surface area contributed by atoms with Crippen molar-refractivity contribution in [2.75, 3.05) is 5.32 Å². The molecule has 0 heterocycles. The summed E-state index contributed by atoms with van der Waals surface area (Å²) in [5.74, 6) is -1.95. The highest BCUT2D eigenvalue weighted by Gasteiger charge is 2.26. The van der Waals surface area contributed by atoms with E-state index in [4.69, 9.17) is 16.3 Å². The second-order valence-electron chi connectivity index (χ2n) is 5.23. The van der Waals surface area contributed by atoms with E-state index in [0.717, 1.165) is 12.1 Å². The summed E-state index contributed by atoms with van der Waals surface area (Å²) in [5, 5.41) is 24.3. The lowest BCUT2D eigenvalue weighted by Crippen LogP contribution is -2.30. The molecule has 140 valence electrons. The third kappa shape index (κ3) is 4.76. The van der Waals surface area contributed by atoms with Gasteiger partial charge in [0.05, 0.1) is 9.85 Å². The quantitative estimate of drug-likeness (QED) is 0.450. The van der Waals surface area contributed by atoms with Gasteiger partial charge in [-0.3, -0.25) is 25.0 Å². The molecule has 0 fully saturated rings. The van der Waals surface area contributed by atoms with E-state index in [9.17, 15) is 29.8 Å². The Kier molecular flexibility index (Phi) is 6.03. The Morgan fingerprint density at radius 2 is 1.70 bits per heavy atom. The number of rotatable bonds is 6. The maximum absolute atomic E-state index is 12.2. The molecule has 0 aliphatic heterocycles. The minimum atomic E-state index is -1.37. The zero-order valence-electron chi connectivity index (χ0n) is 13.7. The zero-order chi connectivity index (χ0) is 20.1. The fraction of sp³-hybridized carbons (Fsp3) is 0.125. The Bertz CT molecular complexity index is 932. The highest BCUT2D eigenvalue weighted by molar-refractivity contribution is 6.31. The monoisotopic (exact) mass is 393 g/mol. The highest BCUT2D eigenvalue weighted by Crippen LogP contribution is 2.25. The number of carbonyl (C=O) groups is 2. The van der Waals surface area contributed by atoms with Gasteiger partial charge in [-0.2, -0.15) is 0 Å². The third-order valence-corrected chi connectivity index (χ3v) is 3.62. The van der Waals surface area contributed by atoms with Gasteiger partial charge in [0.25, 0.3) is 17.3 Å². The molecule has 0 saturated heterocycles. The number of hydrogen-bond acceptors (Lipinski definition) is 7. The molecule has 2 rings (SSSR count). The fourth-order valence-electron chi connectivity index (χ4n) is 2.08. The van der Waals surface area contributed by atoms with Crippen LogP contribution in [0.1, 0.15) is 17.3 Å². The smallest absolute Gasteiger partial charge is 0.345 e.